The number of rotatable bonds is 8. The quantitative estimate of drug-likeness (QED) is 0.312. The van der Waals surface area contributed by atoms with E-state index in [1.807, 2.05) is 48.6 Å². The van der Waals surface area contributed by atoms with Crippen LogP contribution < -0.4 is 10.0 Å². The van der Waals surface area contributed by atoms with Crippen LogP contribution in [0, 0.1) is 6.92 Å². The van der Waals surface area contributed by atoms with Crippen LogP contribution in [-0.4, -0.2) is 30.9 Å². The lowest BCUT2D eigenvalue weighted by molar-refractivity contribution is 0.112. The van der Waals surface area contributed by atoms with Crippen molar-refractivity contribution >= 4 is 36.4 Å². The Hall–Kier alpha value is -3.42. The third-order valence-corrected chi connectivity index (χ3v) is 4.90. The minimum atomic E-state index is 0.519. The van der Waals surface area contributed by atoms with E-state index in [0.29, 0.717) is 17.2 Å². The highest BCUT2D eigenvalue weighted by atomic mass is 32.2. The van der Waals surface area contributed by atoms with Crippen molar-refractivity contribution in [2.24, 2.45) is 9.98 Å². The van der Waals surface area contributed by atoms with Gasteiger partial charge in [0.15, 0.2) is 11.6 Å². The smallest absolute Gasteiger partial charge is 0.179 e. The number of anilines is 1. The first-order valence-corrected chi connectivity index (χ1v) is 10.4. The van der Waals surface area contributed by atoms with E-state index in [1.165, 1.54) is 17.5 Å². The number of aldehydes is 1. The molecule has 3 rings (SSSR count). The monoisotopic (exact) mass is 434 g/mol. The number of aliphatic hydroxyl groups excluding tert-OH is 1. The van der Waals surface area contributed by atoms with Crippen LogP contribution in [0.4, 0.5) is 5.69 Å². The van der Waals surface area contributed by atoms with Gasteiger partial charge >= 0.3 is 0 Å². The first-order chi connectivity index (χ1) is 15.2. The number of allylic oxidation sites excluding steroid dienone is 4. The number of aryl methyl sites for hydroxylation is 1. The Morgan fingerprint density at radius 2 is 1.77 bits per heavy atom. The summed E-state index contributed by atoms with van der Waals surface area (Å²) in [6, 6.07) is 15.4. The highest BCUT2D eigenvalue weighted by molar-refractivity contribution is 7.97. The van der Waals surface area contributed by atoms with Crippen molar-refractivity contribution in [1.29, 1.82) is 0 Å². The Morgan fingerprint density at radius 3 is 2.35 bits per heavy atom. The van der Waals surface area contributed by atoms with Crippen molar-refractivity contribution in [2.75, 3.05) is 12.4 Å². The number of hydrogen-bond donors (Lipinski definition) is 3. The second-order valence-corrected chi connectivity index (χ2v) is 7.21. The van der Waals surface area contributed by atoms with Crippen molar-refractivity contribution in [2.45, 2.75) is 18.2 Å². The molecule has 0 amide bonds. The summed E-state index contributed by atoms with van der Waals surface area (Å²) in [7, 11) is 1.00. The average Bonchev–Trinajstić information content (AvgIpc) is 2.83. The van der Waals surface area contributed by atoms with Gasteiger partial charge in [0.2, 0.25) is 0 Å². The molecular weight excluding hydrogens is 408 g/mol. The van der Waals surface area contributed by atoms with Gasteiger partial charge in [-0.15, -0.1) is 0 Å². The first-order valence-electron chi connectivity index (χ1n) is 9.56. The number of benzene rings is 2. The van der Waals surface area contributed by atoms with Crippen LogP contribution in [0.2, 0.25) is 0 Å². The molecule has 1 aliphatic rings. The molecule has 0 saturated carbocycles. The lowest BCUT2D eigenvalue weighted by atomic mass is 10.1. The standard InChI is InChI=1S/C23H22N4OS.CH4O/c1-17-8-14-21(15-9-17)29-27-22(24-2)23(25-19-6-4-3-5-7-19)26-20-12-10-18(16-28)11-13-20;1-2/h3-6,8-16,26-27H,2,7H2,1H3;2H,1H3/b23-22-,25-19-;. The zero-order chi connectivity index (χ0) is 22.5. The number of carbonyl (C=O) groups excluding carboxylic acids is 1. The third kappa shape index (κ3) is 7.73. The lowest BCUT2D eigenvalue weighted by Crippen LogP contribution is -2.11. The van der Waals surface area contributed by atoms with Crippen LogP contribution in [-0.2, 0) is 0 Å². The number of aliphatic hydroxyl groups is 1. The fourth-order valence-corrected chi connectivity index (χ4v) is 3.17. The summed E-state index contributed by atoms with van der Waals surface area (Å²) in [5.41, 5.74) is 3.52. The van der Waals surface area contributed by atoms with Gasteiger partial charge in [0.1, 0.15) is 6.29 Å². The van der Waals surface area contributed by atoms with Gasteiger partial charge in [0.05, 0.1) is 0 Å². The molecule has 2 aromatic rings. The second kappa shape index (κ2) is 13.0. The molecule has 3 N–H and O–H groups in total. The predicted molar refractivity (Wildman–Crippen MR) is 131 cm³/mol. The van der Waals surface area contributed by atoms with Gasteiger partial charge in [-0.25, -0.2) is 9.98 Å². The normalized spacial score (nSPS) is 14.2. The summed E-state index contributed by atoms with van der Waals surface area (Å²) in [6.07, 6.45) is 9.51. The first kappa shape index (κ1) is 23.9. The molecule has 31 heavy (non-hydrogen) atoms. The average molecular weight is 435 g/mol. The maximum Gasteiger partial charge on any atom is 0.179 e. The summed E-state index contributed by atoms with van der Waals surface area (Å²) >= 11 is 1.44. The molecule has 1 aliphatic carbocycles. The molecule has 0 heterocycles. The molecule has 6 nitrogen and oxygen atoms in total. The van der Waals surface area contributed by atoms with Crippen molar-refractivity contribution in [3.05, 3.63) is 95.6 Å². The molecule has 0 radical (unpaired) electrons. The van der Waals surface area contributed by atoms with Gasteiger partial charge in [0.25, 0.3) is 0 Å². The van der Waals surface area contributed by atoms with Crippen LogP contribution >= 0.6 is 11.9 Å². The molecule has 0 atom stereocenters. The Balaban J connectivity index is 0.00000166. The SMILES string of the molecule is C=N/C(NSc1ccc(C)cc1)=C(\N=C1\C=CC=CC1)Nc1ccc(C=O)cc1.CO. The number of hydrogen-bond acceptors (Lipinski definition) is 7. The summed E-state index contributed by atoms with van der Waals surface area (Å²) in [4.78, 5) is 20.8. The molecule has 7 heteroatoms. The van der Waals surface area contributed by atoms with E-state index in [0.717, 1.165) is 36.1 Å². The summed E-state index contributed by atoms with van der Waals surface area (Å²) in [5.74, 6) is 1.07. The van der Waals surface area contributed by atoms with Crippen LogP contribution in [0.1, 0.15) is 22.3 Å². The molecule has 0 spiro atoms. The number of nitrogens with zero attached hydrogens (tertiary/aromatic N) is 2. The van der Waals surface area contributed by atoms with Crippen molar-refractivity contribution < 1.29 is 9.90 Å². The molecular formula is C24H26N4O2S. The molecule has 2 aromatic carbocycles. The molecule has 0 bridgehead atoms. The van der Waals surface area contributed by atoms with E-state index < -0.39 is 0 Å². The van der Waals surface area contributed by atoms with E-state index in [2.05, 4.69) is 40.8 Å². The van der Waals surface area contributed by atoms with Crippen LogP contribution in [0.5, 0.6) is 0 Å². The van der Waals surface area contributed by atoms with Gasteiger partial charge in [-0.05, 0) is 68.1 Å². The van der Waals surface area contributed by atoms with Crippen molar-refractivity contribution in [3.63, 3.8) is 0 Å². The van der Waals surface area contributed by atoms with Gasteiger partial charge in [0, 0.05) is 35.4 Å². The number of carbonyl (C=O) groups is 1. The zero-order valence-corrected chi connectivity index (χ0v) is 18.4. The Kier molecular flexibility index (Phi) is 10.0. The summed E-state index contributed by atoms with van der Waals surface area (Å²) in [6.45, 7) is 5.75. The third-order valence-electron chi connectivity index (χ3n) is 4.10. The summed E-state index contributed by atoms with van der Waals surface area (Å²) < 4.78 is 3.24. The Morgan fingerprint density at radius 1 is 1.06 bits per heavy atom. The second-order valence-electron chi connectivity index (χ2n) is 6.33. The fourth-order valence-electron chi connectivity index (χ4n) is 2.52. The van der Waals surface area contributed by atoms with E-state index in [9.17, 15) is 4.79 Å². The summed E-state index contributed by atoms with van der Waals surface area (Å²) in [5, 5.41) is 10.3. The van der Waals surface area contributed by atoms with E-state index in [4.69, 9.17) is 10.1 Å². The van der Waals surface area contributed by atoms with Gasteiger partial charge in [-0.2, -0.15) is 0 Å². The highest BCUT2D eigenvalue weighted by Crippen LogP contribution is 2.21. The van der Waals surface area contributed by atoms with Gasteiger partial charge in [-0.1, -0.05) is 35.9 Å². The molecule has 0 aliphatic heterocycles. The largest absolute Gasteiger partial charge is 0.400 e. The zero-order valence-electron chi connectivity index (χ0n) is 17.6. The minimum absolute atomic E-state index is 0.519. The topological polar surface area (TPSA) is 86.1 Å². The van der Waals surface area contributed by atoms with E-state index in [1.54, 1.807) is 12.1 Å². The van der Waals surface area contributed by atoms with Crippen LogP contribution in [0.15, 0.2) is 99.4 Å². The predicted octanol–water partition coefficient (Wildman–Crippen LogP) is 4.91. The molecule has 0 saturated heterocycles. The molecule has 160 valence electrons. The maximum atomic E-state index is 10.9. The Labute approximate surface area is 187 Å². The number of nitrogens with one attached hydrogen (secondary N) is 2. The van der Waals surface area contributed by atoms with E-state index >= 15 is 0 Å². The molecule has 0 aromatic heterocycles. The molecule has 0 unspecified atom stereocenters. The van der Waals surface area contributed by atoms with Crippen LogP contribution in [0.3, 0.4) is 0 Å². The lowest BCUT2D eigenvalue weighted by Gasteiger charge is -2.14. The minimum Gasteiger partial charge on any atom is -0.400 e. The van der Waals surface area contributed by atoms with Gasteiger partial charge < -0.3 is 15.1 Å². The van der Waals surface area contributed by atoms with Crippen molar-refractivity contribution in [3.8, 4) is 0 Å². The fraction of sp³-hybridized carbons (Fsp3) is 0.125. The van der Waals surface area contributed by atoms with E-state index in [-0.39, 0.29) is 0 Å². The highest BCUT2D eigenvalue weighted by Gasteiger charge is 2.09. The van der Waals surface area contributed by atoms with Crippen LogP contribution in [0.25, 0.3) is 0 Å². The molecule has 0 fully saturated rings. The number of aliphatic imine (C=N–C) groups is 2. The Bertz CT molecular complexity index is 991. The van der Waals surface area contributed by atoms with Crippen molar-refractivity contribution in [1.82, 2.24) is 4.72 Å². The van der Waals surface area contributed by atoms with Gasteiger partial charge in [-0.3, -0.25) is 4.79 Å². The maximum absolute atomic E-state index is 10.9.